The molecule has 3 nitrogen and oxygen atoms in total. The number of carbonyl (C=O) groups is 1. The molecule has 106 valence electrons. The maximum absolute atomic E-state index is 12.8. The number of ether oxygens (including phenoxy) is 1. The lowest BCUT2D eigenvalue weighted by Crippen LogP contribution is -2.02. The van der Waals surface area contributed by atoms with E-state index in [1.54, 1.807) is 13.3 Å². The minimum atomic E-state index is -0.0300. The first kappa shape index (κ1) is 13.9. The summed E-state index contributed by atoms with van der Waals surface area (Å²) in [6, 6.07) is 11.4. The van der Waals surface area contributed by atoms with E-state index >= 15 is 0 Å². The van der Waals surface area contributed by atoms with E-state index < -0.39 is 0 Å². The summed E-state index contributed by atoms with van der Waals surface area (Å²) in [7, 11) is 1.61. The number of methoxy groups -OCH3 is 1. The molecule has 3 aromatic rings. The van der Waals surface area contributed by atoms with Crippen molar-refractivity contribution >= 4 is 32.6 Å². The highest BCUT2D eigenvalue weighted by Gasteiger charge is 2.19. The zero-order valence-corrected chi connectivity index (χ0v) is 13.3. The Kier molecular flexibility index (Phi) is 3.55. The van der Waals surface area contributed by atoms with Crippen molar-refractivity contribution in [1.29, 1.82) is 0 Å². The van der Waals surface area contributed by atoms with Crippen LogP contribution in [0, 0.1) is 6.92 Å². The van der Waals surface area contributed by atoms with Gasteiger partial charge in [0.15, 0.2) is 5.78 Å². The molecule has 0 fully saturated rings. The van der Waals surface area contributed by atoms with Crippen LogP contribution in [0.15, 0.2) is 47.1 Å². The highest BCUT2D eigenvalue weighted by Crippen LogP contribution is 2.31. The first-order chi connectivity index (χ1) is 10.1. The van der Waals surface area contributed by atoms with Gasteiger partial charge in [-0.3, -0.25) is 4.79 Å². The number of carbonyl (C=O) groups excluding carboxylic acids is 1. The van der Waals surface area contributed by atoms with E-state index in [1.807, 2.05) is 43.3 Å². The van der Waals surface area contributed by atoms with E-state index in [0.29, 0.717) is 16.9 Å². The van der Waals surface area contributed by atoms with Gasteiger partial charge >= 0.3 is 0 Å². The molecule has 0 radical (unpaired) electrons. The van der Waals surface area contributed by atoms with Crippen LogP contribution in [0.1, 0.15) is 21.5 Å². The van der Waals surface area contributed by atoms with Gasteiger partial charge in [0.05, 0.1) is 18.1 Å². The number of aromatic amines is 1. The van der Waals surface area contributed by atoms with Crippen molar-refractivity contribution < 1.29 is 9.53 Å². The average Bonchev–Trinajstić information content (AvgIpc) is 2.90. The van der Waals surface area contributed by atoms with Gasteiger partial charge in [-0.05, 0) is 36.8 Å². The van der Waals surface area contributed by atoms with Crippen LogP contribution in [-0.4, -0.2) is 17.9 Å². The number of hydrogen-bond acceptors (Lipinski definition) is 2. The minimum Gasteiger partial charge on any atom is -0.496 e. The van der Waals surface area contributed by atoms with Gasteiger partial charge in [0.25, 0.3) is 0 Å². The zero-order chi connectivity index (χ0) is 15.0. The van der Waals surface area contributed by atoms with Crippen molar-refractivity contribution in [3.05, 3.63) is 63.8 Å². The van der Waals surface area contributed by atoms with Crippen LogP contribution in [0.4, 0.5) is 0 Å². The topological polar surface area (TPSA) is 42.1 Å². The summed E-state index contributed by atoms with van der Waals surface area (Å²) >= 11 is 3.47. The Labute approximate surface area is 131 Å². The molecule has 1 aromatic heterocycles. The quantitative estimate of drug-likeness (QED) is 0.712. The fraction of sp³-hybridized carbons (Fsp3) is 0.118. The summed E-state index contributed by atoms with van der Waals surface area (Å²) in [5, 5.41) is 0.817. The van der Waals surface area contributed by atoms with E-state index in [4.69, 9.17) is 4.74 Å². The molecule has 1 N–H and O–H groups in total. The largest absolute Gasteiger partial charge is 0.496 e. The molecule has 0 unspecified atom stereocenters. The monoisotopic (exact) mass is 343 g/mol. The lowest BCUT2D eigenvalue weighted by Gasteiger charge is -2.06. The van der Waals surface area contributed by atoms with Crippen LogP contribution in [-0.2, 0) is 0 Å². The van der Waals surface area contributed by atoms with Crippen molar-refractivity contribution in [3.63, 3.8) is 0 Å². The first-order valence-corrected chi connectivity index (χ1v) is 7.36. The summed E-state index contributed by atoms with van der Waals surface area (Å²) in [6.07, 6.45) is 1.74. The second-order valence-corrected chi connectivity index (χ2v) is 5.75. The average molecular weight is 344 g/mol. The summed E-state index contributed by atoms with van der Waals surface area (Å²) in [6.45, 7) is 1.99. The molecule has 3 rings (SSSR count). The number of hydrogen-bond donors (Lipinski definition) is 1. The number of aryl methyl sites for hydroxylation is 1. The van der Waals surface area contributed by atoms with Crippen LogP contribution < -0.4 is 4.74 Å². The first-order valence-electron chi connectivity index (χ1n) is 6.56. The zero-order valence-electron chi connectivity index (χ0n) is 11.7. The van der Waals surface area contributed by atoms with Gasteiger partial charge in [-0.25, -0.2) is 0 Å². The second kappa shape index (κ2) is 5.37. The molecule has 0 amide bonds. The highest BCUT2D eigenvalue weighted by atomic mass is 79.9. The Hall–Kier alpha value is -2.07. The molecular formula is C17H14BrNO2. The minimum absolute atomic E-state index is 0.0300. The number of H-pyrrole nitrogens is 1. The molecule has 21 heavy (non-hydrogen) atoms. The molecule has 0 bridgehead atoms. The van der Waals surface area contributed by atoms with E-state index in [2.05, 4.69) is 20.9 Å². The number of rotatable bonds is 3. The molecule has 4 heteroatoms. The number of halogens is 1. The predicted octanol–water partition coefficient (Wildman–Crippen LogP) is 4.48. The van der Waals surface area contributed by atoms with Gasteiger partial charge in [-0.2, -0.15) is 0 Å². The Morgan fingerprint density at radius 2 is 2.00 bits per heavy atom. The summed E-state index contributed by atoms with van der Waals surface area (Å²) in [5.74, 6) is 0.665. The number of aromatic nitrogens is 1. The molecule has 0 atom stereocenters. The normalized spacial score (nSPS) is 10.8. The smallest absolute Gasteiger partial charge is 0.196 e. The maximum atomic E-state index is 12.8. The van der Waals surface area contributed by atoms with Gasteiger partial charge in [0, 0.05) is 21.7 Å². The number of ketones is 1. The van der Waals surface area contributed by atoms with Crippen LogP contribution in [0.3, 0.4) is 0 Å². The molecule has 0 aliphatic carbocycles. The standard InChI is InChI=1S/C17H14BrNO2/c1-10-6-7-11(13(18)8-10)17(20)12-9-19-14-4-3-5-15(21-2)16(12)14/h3-9,19H,1-2H3. The molecule has 1 heterocycles. The molecule has 2 aromatic carbocycles. The van der Waals surface area contributed by atoms with Gasteiger partial charge in [-0.15, -0.1) is 0 Å². The van der Waals surface area contributed by atoms with E-state index in [0.717, 1.165) is 20.9 Å². The van der Waals surface area contributed by atoms with Crippen molar-refractivity contribution in [2.75, 3.05) is 7.11 Å². The molecule has 0 saturated carbocycles. The summed E-state index contributed by atoms with van der Waals surface area (Å²) in [5.41, 5.74) is 3.26. The predicted molar refractivity (Wildman–Crippen MR) is 87.2 cm³/mol. The third kappa shape index (κ3) is 2.36. The van der Waals surface area contributed by atoms with Crippen molar-refractivity contribution in [1.82, 2.24) is 4.98 Å². The molecule has 0 spiro atoms. The van der Waals surface area contributed by atoms with Crippen molar-refractivity contribution in [2.24, 2.45) is 0 Å². The van der Waals surface area contributed by atoms with Crippen LogP contribution >= 0.6 is 15.9 Å². The van der Waals surface area contributed by atoms with Gasteiger partial charge in [0.2, 0.25) is 0 Å². The number of fused-ring (bicyclic) bond motifs is 1. The van der Waals surface area contributed by atoms with E-state index in [-0.39, 0.29) is 5.78 Å². The SMILES string of the molecule is COc1cccc2[nH]cc(C(=O)c3ccc(C)cc3Br)c12. The Morgan fingerprint density at radius 1 is 1.19 bits per heavy atom. The van der Waals surface area contributed by atoms with Gasteiger partial charge < -0.3 is 9.72 Å². The molecule has 0 saturated heterocycles. The highest BCUT2D eigenvalue weighted by molar-refractivity contribution is 9.10. The third-order valence-electron chi connectivity index (χ3n) is 3.50. The third-order valence-corrected chi connectivity index (χ3v) is 4.16. The van der Waals surface area contributed by atoms with Crippen molar-refractivity contribution in [2.45, 2.75) is 6.92 Å². The number of nitrogens with one attached hydrogen (secondary N) is 1. The number of benzene rings is 2. The second-order valence-electron chi connectivity index (χ2n) is 4.90. The fourth-order valence-electron chi connectivity index (χ4n) is 2.45. The van der Waals surface area contributed by atoms with E-state index in [9.17, 15) is 4.79 Å². The van der Waals surface area contributed by atoms with E-state index in [1.165, 1.54) is 0 Å². The van der Waals surface area contributed by atoms with Gasteiger partial charge in [0.1, 0.15) is 5.75 Å². The fourth-order valence-corrected chi connectivity index (χ4v) is 3.12. The van der Waals surface area contributed by atoms with Crippen LogP contribution in [0.2, 0.25) is 0 Å². The lowest BCUT2D eigenvalue weighted by molar-refractivity contribution is 0.103. The summed E-state index contributed by atoms with van der Waals surface area (Å²) < 4.78 is 6.18. The summed E-state index contributed by atoms with van der Waals surface area (Å²) in [4.78, 5) is 15.9. The van der Waals surface area contributed by atoms with Crippen molar-refractivity contribution in [3.8, 4) is 5.75 Å². The Morgan fingerprint density at radius 3 is 2.71 bits per heavy atom. The lowest BCUT2D eigenvalue weighted by atomic mass is 10.0. The van der Waals surface area contributed by atoms with Crippen LogP contribution in [0.5, 0.6) is 5.75 Å². The Balaban J connectivity index is 2.18. The van der Waals surface area contributed by atoms with Gasteiger partial charge in [-0.1, -0.05) is 28.1 Å². The molecule has 0 aliphatic heterocycles. The molecule has 0 aliphatic rings. The maximum Gasteiger partial charge on any atom is 0.196 e. The Bertz CT molecular complexity index is 836. The molecular weight excluding hydrogens is 330 g/mol. The van der Waals surface area contributed by atoms with Crippen LogP contribution in [0.25, 0.3) is 10.9 Å².